The molecular formula is C20H23NO3S. The van der Waals surface area contributed by atoms with Crippen molar-refractivity contribution >= 4 is 21.5 Å². The Hall–Kier alpha value is -2.40. The molecule has 25 heavy (non-hydrogen) atoms. The smallest absolute Gasteiger partial charge is 0.261 e. The lowest BCUT2D eigenvalue weighted by Gasteiger charge is -2.17. The maximum Gasteiger partial charge on any atom is 0.261 e. The molecule has 0 atom stereocenters. The van der Waals surface area contributed by atoms with Gasteiger partial charge in [-0.05, 0) is 24.6 Å². The van der Waals surface area contributed by atoms with Crippen molar-refractivity contribution in [2.75, 3.05) is 0 Å². The van der Waals surface area contributed by atoms with Gasteiger partial charge in [0.1, 0.15) is 0 Å². The molecule has 2 aromatic carbocycles. The molecular weight excluding hydrogens is 334 g/mol. The molecule has 0 aliphatic rings. The Morgan fingerprint density at radius 3 is 2.04 bits per heavy atom. The Bertz CT molecular complexity index is 875. The van der Waals surface area contributed by atoms with Gasteiger partial charge in [-0.3, -0.25) is 9.52 Å². The van der Waals surface area contributed by atoms with Gasteiger partial charge in [-0.2, -0.15) is 0 Å². The van der Waals surface area contributed by atoms with Crippen molar-refractivity contribution in [3.05, 3.63) is 71.8 Å². The van der Waals surface area contributed by atoms with Gasteiger partial charge in [0.25, 0.3) is 10.0 Å². The normalized spacial score (nSPS) is 12.7. The second kappa shape index (κ2) is 7.23. The van der Waals surface area contributed by atoms with Gasteiger partial charge < -0.3 is 0 Å². The Morgan fingerprint density at radius 1 is 0.960 bits per heavy atom. The van der Waals surface area contributed by atoms with E-state index < -0.39 is 15.4 Å². The van der Waals surface area contributed by atoms with E-state index in [0.29, 0.717) is 5.56 Å². The van der Waals surface area contributed by atoms with Crippen LogP contribution >= 0.6 is 0 Å². The van der Waals surface area contributed by atoms with Crippen molar-refractivity contribution in [3.8, 4) is 0 Å². The van der Waals surface area contributed by atoms with Gasteiger partial charge in [0.15, 0.2) is 5.78 Å². The molecule has 0 spiro atoms. The Balaban J connectivity index is 2.45. The van der Waals surface area contributed by atoms with E-state index in [0.717, 1.165) is 5.56 Å². The minimum absolute atomic E-state index is 0.155. The molecule has 132 valence electrons. The topological polar surface area (TPSA) is 63.2 Å². The number of aryl methyl sites for hydroxylation is 1. The highest BCUT2D eigenvalue weighted by atomic mass is 32.2. The third-order valence-electron chi connectivity index (χ3n) is 3.68. The van der Waals surface area contributed by atoms with Crippen LogP contribution in [0.5, 0.6) is 0 Å². The van der Waals surface area contributed by atoms with Crippen LogP contribution in [0.2, 0.25) is 0 Å². The Labute approximate surface area is 149 Å². The van der Waals surface area contributed by atoms with E-state index in [4.69, 9.17) is 0 Å². The number of sulfonamides is 1. The van der Waals surface area contributed by atoms with Gasteiger partial charge in [-0.15, -0.1) is 0 Å². The van der Waals surface area contributed by atoms with Gasteiger partial charge in [0.2, 0.25) is 0 Å². The van der Waals surface area contributed by atoms with E-state index >= 15 is 0 Å². The van der Waals surface area contributed by atoms with Crippen LogP contribution in [-0.2, 0) is 14.8 Å². The Morgan fingerprint density at radius 2 is 1.52 bits per heavy atom. The highest BCUT2D eigenvalue weighted by molar-refractivity contribution is 7.89. The first kappa shape index (κ1) is 18.9. The molecule has 4 nitrogen and oxygen atoms in total. The molecule has 0 bridgehead atoms. The molecule has 2 rings (SSSR count). The number of ketones is 1. The second-order valence-electron chi connectivity index (χ2n) is 6.96. The van der Waals surface area contributed by atoms with E-state index in [2.05, 4.69) is 4.72 Å². The summed E-state index contributed by atoms with van der Waals surface area (Å²) in [6.07, 6.45) is 1.36. The highest BCUT2D eigenvalue weighted by Gasteiger charge is 2.22. The van der Waals surface area contributed by atoms with E-state index in [9.17, 15) is 13.2 Å². The van der Waals surface area contributed by atoms with Crippen LogP contribution in [0.15, 0.2) is 65.6 Å². The number of allylic oxidation sites excluding steroid dienone is 1. The van der Waals surface area contributed by atoms with Crippen molar-refractivity contribution in [3.63, 3.8) is 0 Å². The monoisotopic (exact) mass is 357 g/mol. The summed E-state index contributed by atoms with van der Waals surface area (Å²) in [6.45, 7) is 7.27. The summed E-state index contributed by atoms with van der Waals surface area (Å²) in [7, 11) is -3.79. The minimum Gasteiger partial charge on any atom is -0.294 e. The fraction of sp³-hybridized carbons (Fsp3) is 0.250. The second-order valence-corrected chi connectivity index (χ2v) is 8.64. The van der Waals surface area contributed by atoms with Crippen molar-refractivity contribution in [2.24, 2.45) is 5.41 Å². The van der Waals surface area contributed by atoms with Crippen molar-refractivity contribution in [1.82, 2.24) is 4.72 Å². The number of hydrogen-bond donors (Lipinski definition) is 1. The summed E-state index contributed by atoms with van der Waals surface area (Å²) < 4.78 is 28.0. The number of rotatable bonds is 5. The molecule has 0 saturated carbocycles. The summed E-state index contributed by atoms with van der Waals surface area (Å²) in [5.74, 6) is -0.155. The maximum absolute atomic E-state index is 12.7. The first-order valence-corrected chi connectivity index (χ1v) is 9.49. The average molecular weight is 357 g/mol. The minimum atomic E-state index is -3.79. The first-order valence-electron chi connectivity index (χ1n) is 8.01. The molecule has 0 aliphatic carbocycles. The molecule has 5 heteroatoms. The molecule has 0 radical (unpaired) electrons. The van der Waals surface area contributed by atoms with E-state index in [1.165, 1.54) is 6.08 Å². The molecule has 0 amide bonds. The first-order chi connectivity index (χ1) is 11.6. The quantitative estimate of drug-likeness (QED) is 0.825. The molecule has 0 unspecified atom stereocenters. The van der Waals surface area contributed by atoms with Crippen LogP contribution in [0.1, 0.15) is 31.9 Å². The molecule has 0 fully saturated rings. The summed E-state index contributed by atoms with van der Waals surface area (Å²) >= 11 is 0. The molecule has 1 N–H and O–H groups in total. The van der Waals surface area contributed by atoms with Crippen LogP contribution in [0, 0.1) is 12.3 Å². The third kappa shape index (κ3) is 5.03. The molecule has 2 aromatic rings. The molecule has 0 saturated heterocycles. The lowest BCUT2D eigenvalue weighted by molar-refractivity contribution is -0.121. The zero-order valence-electron chi connectivity index (χ0n) is 14.9. The van der Waals surface area contributed by atoms with Gasteiger partial charge in [0, 0.05) is 11.5 Å². The molecule has 0 aliphatic heterocycles. The predicted octanol–water partition coefficient (Wildman–Crippen LogP) is 3.93. The highest BCUT2D eigenvalue weighted by Crippen LogP contribution is 2.21. The van der Waals surface area contributed by atoms with Crippen LogP contribution < -0.4 is 4.72 Å². The zero-order chi connectivity index (χ0) is 18.7. The van der Waals surface area contributed by atoms with Crippen LogP contribution in [0.4, 0.5) is 0 Å². The summed E-state index contributed by atoms with van der Waals surface area (Å²) in [6, 6.07) is 15.5. The van der Waals surface area contributed by atoms with E-state index in [1.54, 1.807) is 69.3 Å². The van der Waals surface area contributed by atoms with Gasteiger partial charge in [0.05, 0.1) is 10.6 Å². The lowest BCUT2D eigenvalue weighted by Crippen LogP contribution is -2.25. The van der Waals surface area contributed by atoms with Gasteiger partial charge in [-0.25, -0.2) is 8.42 Å². The van der Waals surface area contributed by atoms with Gasteiger partial charge >= 0.3 is 0 Å². The predicted molar refractivity (Wildman–Crippen MR) is 100 cm³/mol. The largest absolute Gasteiger partial charge is 0.294 e. The summed E-state index contributed by atoms with van der Waals surface area (Å²) in [4.78, 5) is 12.6. The number of nitrogens with one attached hydrogen (secondary N) is 1. The maximum atomic E-state index is 12.7. The number of carbonyl (C=O) groups excluding carboxylic acids is 1. The number of carbonyl (C=O) groups is 1. The van der Waals surface area contributed by atoms with E-state index in [-0.39, 0.29) is 16.4 Å². The molecule has 0 heterocycles. The zero-order valence-corrected chi connectivity index (χ0v) is 15.7. The number of hydrogen-bond acceptors (Lipinski definition) is 3. The van der Waals surface area contributed by atoms with Crippen LogP contribution in [0.25, 0.3) is 5.70 Å². The fourth-order valence-corrected chi connectivity index (χ4v) is 3.14. The van der Waals surface area contributed by atoms with Crippen molar-refractivity contribution in [1.29, 1.82) is 0 Å². The lowest BCUT2D eigenvalue weighted by atomic mass is 9.90. The summed E-state index contributed by atoms with van der Waals surface area (Å²) in [5, 5.41) is 0. The Kier molecular flexibility index (Phi) is 5.48. The van der Waals surface area contributed by atoms with Crippen LogP contribution in [-0.4, -0.2) is 14.2 Å². The fourth-order valence-electron chi connectivity index (χ4n) is 2.06. The van der Waals surface area contributed by atoms with Gasteiger partial charge in [-0.1, -0.05) is 68.8 Å². The van der Waals surface area contributed by atoms with Crippen molar-refractivity contribution in [2.45, 2.75) is 32.6 Å². The van der Waals surface area contributed by atoms with Crippen molar-refractivity contribution < 1.29 is 13.2 Å². The van der Waals surface area contributed by atoms with E-state index in [1.807, 2.05) is 13.0 Å². The number of benzene rings is 2. The summed E-state index contributed by atoms with van der Waals surface area (Å²) in [5.41, 5.74) is 1.27. The van der Waals surface area contributed by atoms with Crippen LogP contribution in [0.3, 0.4) is 0 Å². The SMILES string of the molecule is Cc1ccc(S(=O)(=O)N/C(=C\C(=O)C(C)(C)C)c2ccccc2)cc1. The third-order valence-corrected chi connectivity index (χ3v) is 5.06. The standard InChI is InChI=1S/C20H23NO3S/c1-15-10-12-17(13-11-15)25(23,24)21-18(14-19(22)20(2,3)4)16-8-6-5-7-9-16/h5-14,21H,1-4H3/b18-14-. The average Bonchev–Trinajstić information content (AvgIpc) is 2.54. The molecule has 0 aromatic heterocycles.